The molecule has 100 valence electrons. The summed E-state index contributed by atoms with van der Waals surface area (Å²) < 4.78 is 5.08. The number of nitrogen functional groups attached to an aromatic ring is 1. The summed E-state index contributed by atoms with van der Waals surface area (Å²) in [7, 11) is 1.56. The molecule has 0 aromatic heterocycles. The van der Waals surface area contributed by atoms with E-state index >= 15 is 0 Å². The highest BCUT2D eigenvalue weighted by Gasteiger charge is 2.11. The molecule has 1 aromatic carbocycles. The van der Waals surface area contributed by atoms with E-state index in [4.69, 9.17) is 10.5 Å². The molecule has 5 heteroatoms. The molecule has 4 nitrogen and oxygen atoms in total. The molecule has 0 radical (unpaired) electrons. The second kappa shape index (κ2) is 7.16. The molecule has 0 heterocycles. The molecule has 0 saturated carbocycles. The van der Waals surface area contributed by atoms with E-state index in [1.807, 2.05) is 0 Å². The van der Waals surface area contributed by atoms with Gasteiger partial charge in [0, 0.05) is 17.5 Å². The predicted molar refractivity (Wildman–Crippen MR) is 77.3 cm³/mol. The number of methoxy groups -OCH3 is 1. The van der Waals surface area contributed by atoms with Crippen molar-refractivity contribution in [1.29, 1.82) is 0 Å². The van der Waals surface area contributed by atoms with Crippen molar-refractivity contribution in [1.82, 2.24) is 5.32 Å². The lowest BCUT2D eigenvalue weighted by Crippen LogP contribution is -2.26. The first-order valence-corrected chi connectivity index (χ1v) is 7.11. The SMILES string of the molecule is COc1ccc(N)c(C(=O)NCCC(C)SC)c1. The van der Waals surface area contributed by atoms with Gasteiger partial charge in [-0.3, -0.25) is 4.79 Å². The second-order valence-electron chi connectivity index (χ2n) is 4.04. The molecule has 18 heavy (non-hydrogen) atoms. The third-order valence-corrected chi connectivity index (χ3v) is 3.78. The predicted octanol–water partition coefficient (Wildman–Crippen LogP) is 2.15. The number of ether oxygens (including phenoxy) is 1. The minimum absolute atomic E-state index is 0.153. The van der Waals surface area contributed by atoms with Crippen LogP contribution in [0.5, 0.6) is 5.75 Å². The zero-order valence-corrected chi connectivity index (χ0v) is 11.8. The lowest BCUT2D eigenvalue weighted by atomic mass is 10.1. The van der Waals surface area contributed by atoms with Gasteiger partial charge in [0.1, 0.15) is 5.75 Å². The fourth-order valence-corrected chi connectivity index (χ4v) is 1.81. The van der Waals surface area contributed by atoms with Gasteiger partial charge < -0.3 is 15.8 Å². The minimum Gasteiger partial charge on any atom is -0.497 e. The molecule has 0 spiro atoms. The Morgan fingerprint density at radius 3 is 2.89 bits per heavy atom. The maximum Gasteiger partial charge on any atom is 0.253 e. The summed E-state index contributed by atoms with van der Waals surface area (Å²) >= 11 is 1.79. The van der Waals surface area contributed by atoms with Crippen LogP contribution in [0.2, 0.25) is 0 Å². The largest absolute Gasteiger partial charge is 0.497 e. The van der Waals surface area contributed by atoms with Gasteiger partial charge in [-0.15, -0.1) is 0 Å². The van der Waals surface area contributed by atoms with Gasteiger partial charge in [-0.25, -0.2) is 0 Å². The summed E-state index contributed by atoms with van der Waals surface area (Å²) in [5.41, 5.74) is 6.71. The second-order valence-corrected chi connectivity index (χ2v) is 5.32. The Bertz CT molecular complexity index is 410. The van der Waals surface area contributed by atoms with Crippen LogP contribution in [0.15, 0.2) is 18.2 Å². The van der Waals surface area contributed by atoms with Crippen molar-refractivity contribution in [3.63, 3.8) is 0 Å². The van der Waals surface area contributed by atoms with Crippen molar-refractivity contribution >= 4 is 23.4 Å². The Labute approximate surface area is 112 Å². The number of hydrogen-bond donors (Lipinski definition) is 2. The van der Waals surface area contributed by atoms with Gasteiger partial charge in [-0.05, 0) is 30.9 Å². The quantitative estimate of drug-likeness (QED) is 0.776. The average molecular weight is 268 g/mol. The van der Waals surface area contributed by atoms with Gasteiger partial charge in [0.05, 0.1) is 12.7 Å². The molecule has 1 amide bonds. The highest BCUT2D eigenvalue weighted by Crippen LogP contribution is 2.19. The number of benzene rings is 1. The molecule has 3 N–H and O–H groups in total. The van der Waals surface area contributed by atoms with Crippen molar-refractivity contribution in [2.75, 3.05) is 25.6 Å². The number of nitrogens with one attached hydrogen (secondary N) is 1. The first-order valence-electron chi connectivity index (χ1n) is 5.83. The summed E-state index contributed by atoms with van der Waals surface area (Å²) in [6.45, 7) is 2.79. The number of carbonyl (C=O) groups is 1. The summed E-state index contributed by atoms with van der Waals surface area (Å²) in [5.74, 6) is 0.478. The third kappa shape index (κ3) is 4.14. The fraction of sp³-hybridized carbons (Fsp3) is 0.462. The summed E-state index contributed by atoms with van der Waals surface area (Å²) in [6.07, 6.45) is 3.00. The van der Waals surface area contributed by atoms with E-state index < -0.39 is 0 Å². The Morgan fingerprint density at radius 1 is 1.56 bits per heavy atom. The number of rotatable bonds is 6. The molecule has 0 fully saturated rings. The monoisotopic (exact) mass is 268 g/mol. The molecule has 0 aliphatic heterocycles. The smallest absolute Gasteiger partial charge is 0.253 e. The molecule has 0 bridgehead atoms. The molecule has 1 unspecified atom stereocenters. The van der Waals surface area contributed by atoms with Crippen LogP contribution in [0.25, 0.3) is 0 Å². The van der Waals surface area contributed by atoms with E-state index in [2.05, 4.69) is 18.5 Å². The van der Waals surface area contributed by atoms with E-state index in [1.54, 1.807) is 37.1 Å². The topological polar surface area (TPSA) is 64.3 Å². The third-order valence-electron chi connectivity index (χ3n) is 2.74. The fourth-order valence-electron chi connectivity index (χ4n) is 1.46. The van der Waals surface area contributed by atoms with Crippen molar-refractivity contribution < 1.29 is 9.53 Å². The van der Waals surface area contributed by atoms with Crippen LogP contribution in [-0.2, 0) is 0 Å². The molecule has 0 aliphatic carbocycles. The zero-order valence-electron chi connectivity index (χ0n) is 11.0. The first-order chi connectivity index (χ1) is 8.58. The normalized spacial score (nSPS) is 11.9. The van der Waals surface area contributed by atoms with E-state index in [0.717, 1.165) is 6.42 Å². The number of thioether (sulfide) groups is 1. The Morgan fingerprint density at radius 2 is 2.28 bits per heavy atom. The Hall–Kier alpha value is -1.36. The first kappa shape index (κ1) is 14.7. The Balaban J connectivity index is 2.61. The van der Waals surface area contributed by atoms with Crippen LogP contribution in [-0.4, -0.2) is 31.1 Å². The molecular formula is C13H20N2O2S. The van der Waals surface area contributed by atoms with Crippen molar-refractivity contribution in [2.45, 2.75) is 18.6 Å². The maximum absolute atomic E-state index is 12.0. The van der Waals surface area contributed by atoms with Crippen LogP contribution < -0.4 is 15.8 Å². The minimum atomic E-state index is -0.153. The zero-order chi connectivity index (χ0) is 13.5. The number of anilines is 1. The van der Waals surface area contributed by atoms with Crippen LogP contribution in [0, 0.1) is 0 Å². The van der Waals surface area contributed by atoms with Crippen molar-refractivity contribution in [3.05, 3.63) is 23.8 Å². The van der Waals surface area contributed by atoms with E-state index in [0.29, 0.717) is 28.8 Å². The van der Waals surface area contributed by atoms with E-state index in [-0.39, 0.29) is 5.91 Å². The van der Waals surface area contributed by atoms with Crippen LogP contribution in [0.1, 0.15) is 23.7 Å². The van der Waals surface area contributed by atoms with E-state index in [9.17, 15) is 4.79 Å². The lowest BCUT2D eigenvalue weighted by Gasteiger charge is -2.11. The molecule has 1 atom stereocenters. The number of nitrogens with two attached hydrogens (primary N) is 1. The summed E-state index contributed by atoms with van der Waals surface area (Å²) in [6, 6.07) is 5.07. The lowest BCUT2D eigenvalue weighted by molar-refractivity contribution is 0.0954. The summed E-state index contributed by atoms with van der Waals surface area (Å²) in [4.78, 5) is 12.0. The number of amides is 1. The van der Waals surface area contributed by atoms with Crippen LogP contribution in [0.3, 0.4) is 0 Å². The van der Waals surface area contributed by atoms with Crippen LogP contribution >= 0.6 is 11.8 Å². The highest BCUT2D eigenvalue weighted by atomic mass is 32.2. The van der Waals surface area contributed by atoms with Crippen molar-refractivity contribution in [2.24, 2.45) is 0 Å². The average Bonchev–Trinajstić information content (AvgIpc) is 2.38. The molecule has 0 saturated heterocycles. The van der Waals surface area contributed by atoms with Gasteiger partial charge in [-0.2, -0.15) is 11.8 Å². The van der Waals surface area contributed by atoms with Gasteiger partial charge in [0.15, 0.2) is 0 Å². The van der Waals surface area contributed by atoms with E-state index in [1.165, 1.54) is 0 Å². The van der Waals surface area contributed by atoms with Crippen molar-refractivity contribution in [3.8, 4) is 5.75 Å². The van der Waals surface area contributed by atoms with Gasteiger partial charge >= 0.3 is 0 Å². The van der Waals surface area contributed by atoms with Gasteiger partial charge in [0.25, 0.3) is 5.91 Å². The standard InChI is InChI=1S/C13H20N2O2S/c1-9(18-3)6-7-15-13(16)11-8-10(17-2)4-5-12(11)14/h4-5,8-9H,6-7,14H2,1-3H3,(H,15,16). The summed E-state index contributed by atoms with van der Waals surface area (Å²) in [5, 5.41) is 3.40. The molecular weight excluding hydrogens is 248 g/mol. The number of carbonyl (C=O) groups excluding carboxylic acids is 1. The molecule has 1 rings (SSSR count). The Kier molecular flexibility index (Phi) is 5.85. The van der Waals surface area contributed by atoms with Crippen LogP contribution in [0.4, 0.5) is 5.69 Å². The highest BCUT2D eigenvalue weighted by molar-refractivity contribution is 7.99. The van der Waals surface area contributed by atoms with Gasteiger partial charge in [0.2, 0.25) is 0 Å². The van der Waals surface area contributed by atoms with Gasteiger partial charge in [-0.1, -0.05) is 6.92 Å². The maximum atomic E-state index is 12.0. The molecule has 0 aliphatic rings. The number of hydrogen-bond acceptors (Lipinski definition) is 4. The molecule has 1 aromatic rings.